The Balaban J connectivity index is 0.962. The van der Waals surface area contributed by atoms with Crippen molar-refractivity contribution in [3.63, 3.8) is 0 Å². The number of nitrogens with zero attached hydrogens (tertiary/aromatic N) is 1. The fourth-order valence-electron chi connectivity index (χ4n) is 10.3. The highest BCUT2D eigenvalue weighted by molar-refractivity contribution is 7.91. The lowest BCUT2D eigenvalue weighted by Gasteiger charge is -2.53. The lowest BCUT2D eigenvalue weighted by atomic mass is 9.52. The van der Waals surface area contributed by atoms with E-state index < -0.39 is 36.1 Å². The van der Waals surface area contributed by atoms with E-state index in [0.717, 1.165) is 77.0 Å². The van der Waals surface area contributed by atoms with E-state index >= 15 is 0 Å². The summed E-state index contributed by atoms with van der Waals surface area (Å²) in [6.45, 7) is 5.12. The summed E-state index contributed by atoms with van der Waals surface area (Å²) < 4.78 is 86.6. The zero-order valence-corrected chi connectivity index (χ0v) is 30.8. The highest BCUT2D eigenvalue weighted by Gasteiger charge is 2.57. The zero-order valence-electron chi connectivity index (χ0n) is 29.9. The Labute approximate surface area is 302 Å². The van der Waals surface area contributed by atoms with E-state index in [1.165, 1.54) is 11.1 Å². The van der Waals surface area contributed by atoms with Crippen LogP contribution in [0.25, 0.3) is 0 Å². The first-order valence-electron chi connectivity index (χ1n) is 19.4. The Bertz CT molecular complexity index is 1320. The molecule has 5 aliphatic rings. The molecule has 0 spiro atoms. The van der Waals surface area contributed by atoms with E-state index in [-0.39, 0.29) is 23.4 Å². The molecule has 2 saturated heterocycles. The van der Waals surface area contributed by atoms with Crippen LogP contribution < -0.4 is 4.74 Å². The number of amides is 1. The topological polar surface area (TPSA) is 82.1 Å². The number of hydrogen-bond donors (Lipinski definition) is 1. The molecule has 0 radical (unpaired) electrons. The average molecular weight is 746 g/mol. The van der Waals surface area contributed by atoms with Crippen LogP contribution in [0.4, 0.5) is 26.7 Å². The number of fused-ring (bicyclic) bond motifs is 6. The van der Waals surface area contributed by atoms with Crippen LogP contribution in [-0.4, -0.2) is 76.7 Å². The number of aliphatic hydroxyl groups excluding tert-OH is 1. The molecule has 1 aromatic rings. The minimum Gasteiger partial charge on any atom is -0.616 e. The molecule has 2 aliphatic heterocycles. The Hall–Kier alpha value is -1.63. The smallest absolute Gasteiger partial charge is 0.453 e. The van der Waals surface area contributed by atoms with Gasteiger partial charge in [0.05, 0.1) is 19.3 Å². The second-order valence-electron chi connectivity index (χ2n) is 16.5. The van der Waals surface area contributed by atoms with E-state index in [2.05, 4.69) is 19.1 Å². The summed E-state index contributed by atoms with van der Waals surface area (Å²) in [4.78, 5) is 14.9. The summed E-state index contributed by atoms with van der Waals surface area (Å²) in [7, 11) is 0. The van der Waals surface area contributed by atoms with Crippen LogP contribution in [0.1, 0.15) is 114 Å². The first kappa shape index (κ1) is 39.1. The van der Waals surface area contributed by atoms with Crippen LogP contribution >= 0.6 is 0 Å². The molecular formula is C39H56F5NO5S. The average Bonchev–Trinajstić information content (AvgIpc) is 3.77. The molecule has 288 valence electrons. The van der Waals surface area contributed by atoms with Crippen LogP contribution in [0, 0.1) is 35.0 Å². The number of carbonyl (C=O) groups is 1. The summed E-state index contributed by atoms with van der Waals surface area (Å²) in [5.41, 5.74) is 2.67. The third kappa shape index (κ3) is 8.86. The van der Waals surface area contributed by atoms with Gasteiger partial charge < -0.3 is 24.0 Å². The standard InChI is InChI=1S/C39H56F5NO5S/c1-37-17-15-32-31-12-11-30(50-36(47)45-22-28-24-49-25-29(28)23-45)21-27(31)20-26(35(32)33(37)13-14-34(37)46)10-7-5-3-2-4-6-8-18-51(48)19-9-16-38(40,41)39(42,43)44/h11-12,21,26,28-29,32-35,46H,2-10,13-20,22-25H2,1H3/t26-,28?,29?,32-,33+,34+,35-,37+,51?/m1/s1. The van der Waals surface area contributed by atoms with Crippen molar-refractivity contribution in [2.45, 2.75) is 127 Å². The van der Waals surface area contributed by atoms with Crippen LogP contribution in [0.2, 0.25) is 0 Å². The fourth-order valence-corrected chi connectivity index (χ4v) is 11.5. The van der Waals surface area contributed by atoms with Crippen molar-refractivity contribution < 1.29 is 45.9 Å². The van der Waals surface area contributed by atoms with Crippen molar-refractivity contribution in [2.75, 3.05) is 37.8 Å². The van der Waals surface area contributed by atoms with Gasteiger partial charge in [0.15, 0.2) is 0 Å². The van der Waals surface area contributed by atoms with E-state index in [4.69, 9.17) is 9.47 Å². The van der Waals surface area contributed by atoms with Crippen molar-refractivity contribution in [2.24, 2.45) is 35.0 Å². The first-order chi connectivity index (χ1) is 24.3. The predicted octanol–water partition coefficient (Wildman–Crippen LogP) is 9.05. The third-order valence-electron chi connectivity index (χ3n) is 13.3. The van der Waals surface area contributed by atoms with Crippen LogP contribution in [0.5, 0.6) is 5.75 Å². The number of likely N-dealkylation sites (tertiary alicyclic amines) is 1. The van der Waals surface area contributed by atoms with Crippen molar-refractivity contribution in [1.29, 1.82) is 0 Å². The number of carbonyl (C=O) groups excluding carboxylic acids is 1. The van der Waals surface area contributed by atoms with E-state index in [1.54, 1.807) is 0 Å². The van der Waals surface area contributed by atoms with E-state index in [0.29, 0.717) is 79.7 Å². The van der Waals surface area contributed by atoms with Crippen LogP contribution in [-0.2, 0) is 22.3 Å². The molecule has 2 heterocycles. The number of benzene rings is 1. The van der Waals surface area contributed by atoms with Crippen molar-refractivity contribution in [3.05, 3.63) is 29.3 Å². The molecule has 1 aromatic carbocycles. The number of unbranched alkanes of at least 4 members (excludes halogenated alkanes) is 6. The molecule has 6 nitrogen and oxygen atoms in total. The number of hydrogen-bond acceptors (Lipinski definition) is 5. The maximum absolute atomic E-state index is 13.1. The second kappa shape index (κ2) is 16.4. The molecule has 2 saturated carbocycles. The monoisotopic (exact) mass is 745 g/mol. The molecule has 0 bridgehead atoms. The summed E-state index contributed by atoms with van der Waals surface area (Å²) in [6, 6.07) is 6.29. The second-order valence-corrected chi connectivity index (χ2v) is 18.2. The van der Waals surface area contributed by atoms with Gasteiger partial charge in [-0.1, -0.05) is 56.3 Å². The van der Waals surface area contributed by atoms with Gasteiger partial charge in [0, 0.05) is 31.3 Å². The molecule has 12 heteroatoms. The normalized spacial score (nSPS) is 32.3. The molecule has 1 amide bonds. The highest BCUT2D eigenvalue weighted by Crippen LogP contribution is 2.62. The van der Waals surface area contributed by atoms with Gasteiger partial charge >= 0.3 is 18.2 Å². The number of ether oxygens (including phenoxy) is 2. The summed E-state index contributed by atoms with van der Waals surface area (Å²) >= 11 is -1.38. The lowest BCUT2D eigenvalue weighted by molar-refractivity contribution is -0.284. The van der Waals surface area contributed by atoms with Crippen molar-refractivity contribution >= 4 is 17.3 Å². The quantitative estimate of drug-likeness (QED) is 0.110. The Morgan fingerprint density at radius 1 is 0.980 bits per heavy atom. The van der Waals surface area contributed by atoms with Gasteiger partial charge in [-0.2, -0.15) is 22.0 Å². The number of aliphatic hydroxyl groups is 1. The Morgan fingerprint density at radius 3 is 2.35 bits per heavy atom. The van der Waals surface area contributed by atoms with E-state index in [1.807, 2.05) is 11.0 Å². The van der Waals surface area contributed by atoms with Gasteiger partial charge in [0.2, 0.25) is 0 Å². The molecule has 3 unspecified atom stereocenters. The third-order valence-corrected chi connectivity index (χ3v) is 14.7. The minimum atomic E-state index is -5.55. The molecule has 51 heavy (non-hydrogen) atoms. The number of alkyl halides is 5. The van der Waals surface area contributed by atoms with Gasteiger partial charge in [-0.05, 0) is 110 Å². The summed E-state index contributed by atoms with van der Waals surface area (Å²) in [5.74, 6) is -1.07. The largest absolute Gasteiger partial charge is 0.616 e. The van der Waals surface area contributed by atoms with Crippen LogP contribution in [0.3, 0.4) is 0 Å². The predicted molar refractivity (Wildman–Crippen MR) is 186 cm³/mol. The van der Waals surface area contributed by atoms with Gasteiger partial charge in [0.25, 0.3) is 0 Å². The molecule has 6 rings (SSSR count). The van der Waals surface area contributed by atoms with Gasteiger partial charge in [-0.15, -0.1) is 0 Å². The molecule has 4 fully saturated rings. The number of halogens is 5. The maximum Gasteiger partial charge on any atom is 0.453 e. The van der Waals surface area contributed by atoms with Crippen molar-refractivity contribution in [1.82, 2.24) is 4.90 Å². The van der Waals surface area contributed by atoms with Gasteiger partial charge in [0.1, 0.15) is 17.3 Å². The lowest BCUT2D eigenvalue weighted by Crippen LogP contribution is -2.47. The maximum atomic E-state index is 13.1. The van der Waals surface area contributed by atoms with Gasteiger partial charge in [-0.3, -0.25) is 0 Å². The molecule has 9 atom stereocenters. The van der Waals surface area contributed by atoms with E-state index in [9.17, 15) is 36.4 Å². The fraction of sp³-hybridized carbons (Fsp3) is 0.821. The zero-order chi connectivity index (χ0) is 36.4. The SMILES string of the molecule is C[C@]12CC[C@@H]3c4ccc(OC(=O)N5CC6COCC6C5)cc4C[C@@H](CCCCCCCCC[S+]([O-])CCCC(F)(F)C(F)(F)F)[C@H]3[C@@H]1CC[C@@H]2O. The molecule has 0 aromatic heterocycles. The Morgan fingerprint density at radius 2 is 1.65 bits per heavy atom. The minimum absolute atomic E-state index is 0.0245. The highest BCUT2D eigenvalue weighted by atomic mass is 32.2. The molecular weight excluding hydrogens is 689 g/mol. The van der Waals surface area contributed by atoms with Crippen LogP contribution in [0.15, 0.2) is 18.2 Å². The summed E-state index contributed by atoms with van der Waals surface area (Å²) in [6.07, 6.45) is 5.29. The molecule has 3 aliphatic carbocycles. The first-order valence-corrected chi connectivity index (χ1v) is 20.9. The Kier molecular flexibility index (Phi) is 12.6. The summed E-state index contributed by atoms with van der Waals surface area (Å²) in [5, 5.41) is 11.0. The molecule has 1 N–H and O–H groups in total. The van der Waals surface area contributed by atoms with Gasteiger partial charge in [-0.25, -0.2) is 4.79 Å². The number of rotatable bonds is 15. The van der Waals surface area contributed by atoms with Crippen molar-refractivity contribution in [3.8, 4) is 5.75 Å².